The molecule has 3 nitrogen and oxygen atoms in total. The molecule has 0 saturated carbocycles. The second kappa shape index (κ2) is 8.28. The Bertz CT molecular complexity index is 394. The maximum Gasteiger partial charge on any atom is 0.122 e. The van der Waals surface area contributed by atoms with E-state index in [1.807, 2.05) is 12.1 Å². The van der Waals surface area contributed by atoms with Gasteiger partial charge in [-0.05, 0) is 52.4 Å². The molecule has 0 spiro atoms. The van der Waals surface area contributed by atoms with Crippen molar-refractivity contribution in [2.75, 3.05) is 20.7 Å². The Kier molecular flexibility index (Phi) is 7.03. The van der Waals surface area contributed by atoms with Crippen LogP contribution in [-0.2, 0) is 6.42 Å². The summed E-state index contributed by atoms with van der Waals surface area (Å²) >= 11 is 0. The van der Waals surface area contributed by atoms with Crippen LogP contribution in [0.25, 0.3) is 0 Å². The third kappa shape index (κ3) is 4.50. The van der Waals surface area contributed by atoms with Crippen molar-refractivity contribution in [3.63, 3.8) is 0 Å². The maximum atomic E-state index is 5.44. The summed E-state index contributed by atoms with van der Waals surface area (Å²) in [5, 5.41) is 3.50. The molecule has 0 aliphatic rings. The lowest BCUT2D eigenvalue weighted by Crippen LogP contribution is -2.48. The molecule has 3 unspecified atom stereocenters. The van der Waals surface area contributed by atoms with Crippen LogP contribution in [0.15, 0.2) is 24.3 Å². The lowest BCUT2D eigenvalue weighted by atomic mass is 10.0. The predicted molar refractivity (Wildman–Crippen MR) is 86.5 cm³/mol. The van der Waals surface area contributed by atoms with E-state index in [4.69, 9.17) is 4.74 Å². The number of rotatable bonds is 8. The fourth-order valence-electron chi connectivity index (χ4n) is 2.58. The molecule has 1 N–H and O–H groups in total. The topological polar surface area (TPSA) is 24.5 Å². The van der Waals surface area contributed by atoms with Crippen LogP contribution >= 0.6 is 0 Å². The Morgan fingerprint density at radius 2 is 1.85 bits per heavy atom. The van der Waals surface area contributed by atoms with Gasteiger partial charge in [-0.3, -0.25) is 4.90 Å². The van der Waals surface area contributed by atoms with Gasteiger partial charge in [0.1, 0.15) is 5.75 Å². The largest absolute Gasteiger partial charge is 0.496 e. The van der Waals surface area contributed by atoms with Gasteiger partial charge in [0, 0.05) is 18.1 Å². The Morgan fingerprint density at radius 3 is 2.45 bits per heavy atom. The number of ether oxygens (including phenoxy) is 1. The van der Waals surface area contributed by atoms with Crippen molar-refractivity contribution in [1.29, 1.82) is 0 Å². The first-order valence-corrected chi connectivity index (χ1v) is 7.58. The summed E-state index contributed by atoms with van der Waals surface area (Å²) in [5.74, 6) is 0.986. The van der Waals surface area contributed by atoms with E-state index >= 15 is 0 Å². The maximum absolute atomic E-state index is 5.44. The van der Waals surface area contributed by atoms with E-state index in [0.717, 1.165) is 18.7 Å². The van der Waals surface area contributed by atoms with Gasteiger partial charge in [-0.1, -0.05) is 25.1 Å². The fourth-order valence-corrected chi connectivity index (χ4v) is 2.58. The molecular weight excluding hydrogens is 248 g/mol. The summed E-state index contributed by atoms with van der Waals surface area (Å²) in [5.41, 5.74) is 1.28. The molecule has 0 radical (unpaired) electrons. The highest BCUT2D eigenvalue weighted by molar-refractivity contribution is 5.33. The van der Waals surface area contributed by atoms with Crippen molar-refractivity contribution in [2.45, 2.75) is 52.2 Å². The molecule has 1 aromatic carbocycles. The lowest BCUT2D eigenvalue weighted by molar-refractivity contribution is 0.163. The summed E-state index contributed by atoms with van der Waals surface area (Å²) in [6.07, 6.45) is 1.00. The Balaban J connectivity index is 2.67. The lowest BCUT2D eigenvalue weighted by Gasteiger charge is -2.35. The van der Waals surface area contributed by atoms with Crippen LogP contribution in [0.5, 0.6) is 5.75 Å². The zero-order valence-electron chi connectivity index (χ0n) is 13.8. The number of hydrogen-bond donors (Lipinski definition) is 1. The van der Waals surface area contributed by atoms with Crippen LogP contribution < -0.4 is 10.1 Å². The molecule has 0 aromatic heterocycles. The van der Waals surface area contributed by atoms with E-state index in [2.05, 4.69) is 57.1 Å². The molecule has 3 atom stereocenters. The first-order valence-electron chi connectivity index (χ1n) is 7.58. The van der Waals surface area contributed by atoms with Crippen molar-refractivity contribution in [3.8, 4) is 5.75 Å². The molecule has 1 aromatic rings. The van der Waals surface area contributed by atoms with Crippen LogP contribution in [-0.4, -0.2) is 43.7 Å². The number of benzene rings is 1. The van der Waals surface area contributed by atoms with E-state index in [1.165, 1.54) is 5.56 Å². The van der Waals surface area contributed by atoms with Crippen molar-refractivity contribution in [2.24, 2.45) is 0 Å². The molecule has 3 heteroatoms. The highest BCUT2D eigenvalue weighted by atomic mass is 16.5. The summed E-state index contributed by atoms with van der Waals surface area (Å²) in [7, 11) is 3.95. The van der Waals surface area contributed by atoms with Crippen LogP contribution in [0.2, 0.25) is 0 Å². The second-order valence-corrected chi connectivity index (χ2v) is 5.62. The third-order valence-electron chi connectivity index (χ3n) is 4.30. The van der Waals surface area contributed by atoms with E-state index < -0.39 is 0 Å². The molecule has 0 heterocycles. The van der Waals surface area contributed by atoms with Crippen LogP contribution in [0.4, 0.5) is 0 Å². The SMILES string of the molecule is CCNC(C)C(C)N(C)C(C)Cc1ccccc1OC. The van der Waals surface area contributed by atoms with Gasteiger partial charge in [-0.15, -0.1) is 0 Å². The van der Waals surface area contributed by atoms with E-state index in [1.54, 1.807) is 7.11 Å². The van der Waals surface area contributed by atoms with Crippen molar-refractivity contribution < 1.29 is 4.74 Å². The molecule has 0 amide bonds. The zero-order chi connectivity index (χ0) is 15.1. The van der Waals surface area contributed by atoms with E-state index in [9.17, 15) is 0 Å². The quantitative estimate of drug-likeness (QED) is 0.791. The van der Waals surface area contributed by atoms with Gasteiger partial charge in [-0.2, -0.15) is 0 Å². The molecule has 114 valence electrons. The van der Waals surface area contributed by atoms with Gasteiger partial charge in [0.25, 0.3) is 0 Å². The molecule has 20 heavy (non-hydrogen) atoms. The van der Waals surface area contributed by atoms with Crippen molar-refractivity contribution >= 4 is 0 Å². The van der Waals surface area contributed by atoms with Crippen molar-refractivity contribution in [1.82, 2.24) is 10.2 Å². The van der Waals surface area contributed by atoms with Gasteiger partial charge >= 0.3 is 0 Å². The first kappa shape index (κ1) is 17.0. The van der Waals surface area contributed by atoms with E-state index in [0.29, 0.717) is 18.1 Å². The summed E-state index contributed by atoms with van der Waals surface area (Å²) in [6.45, 7) is 9.98. The summed E-state index contributed by atoms with van der Waals surface area (Å²) < 4.78 is 5.44. The molecule has 1 rings (SSSR count). The minimum atomic E-state index is 0.474. The second-order valence-electron chi connectivity index (χ2n) is 5.62. The van der Waals surface area contributed by atoms with Gasteiger partial charge in [0.05, 0.1) is 7.11 Å². The Morgan fingerprint density at radius 1 is 1.20 bits per heavy atom. The molecule has 0 saturated heterocycles. The molecule has 0 fully saturated rings. The van der Waals surface area contributed by atoms with Gasteiger partial charge in [0.2, 0.25) is 0 Å². The molecule has 0 aliphatic carbocycles. The smallest absolute Gasteiger partial charge is 0.122 e. The number of hydrogen-bond acceptors (Lipinski definition) is 3. The monoisotopic (exact) mass is 278 g/mol. The Labute approximate surface area is 124 Å². The highest BCUT2D eigenvalue weighted by Gasteiger charge is 2.21. The average Bonchev–Trinajstić information content (AvgIpc) is 2.46. The third-order valence-corrected chi connectivity index (χ3v) is 4.30. The summed E-state index contributed by atoms with van der Waals surface area (Å²) in [4.78, 5) is 2.44. The van der Waals surface area contributed by atoms with Gasteiger partial charge < -0.3 is 10.1 Å². The normalized spacial score (nSPS) is 15.9. The van der Waals surface area contributed by atoms with Crippen LogP contribution in [0.3, 0.4) is 0 Å². The zero-order valence-corrected chi connectivity index (χ0v) is 13.8. The number of para-hydroxylation sites is 1. The minimum absolute atomic E-state index is 0.474. The fraction of sp³-hybridized carbons (Fsp3) is 0.647. The molecule has 0 aliphatic heterocycles. The van der Waals surface area contributed by atoms with Crippen LogP contribution in [0.1, 0.15) is 33.3 Å². The first-order chi connectivity index (χ1) is 9.51. The molecule has 0 bridgehead atoms. The number of methoxy groups -OCH3 is 1. The molecular formula is C17H30N2O. The van der Waals surface area contributed by atoms with Crippen molar-refractivity contribution in [3.05, 3.63) is 29.8 Å². The number of nitrogens with one attached hydrogen (secondary N) is 1. The number of nitrogens with zero attached hydrogens (tertiary/aromatic N) is 1. The minimum Gasteiger partial charge on any atom is -0.496 e. The van der Waals surface area contributed by atoms with E-state index in [-0.39, 0.29) is 0 Å². The standard InChI is InChI=1S/C17H30N2O/c1-7-18-14(3)15(4)19(5)13(2)12-16-10-8-9-11-17(16)20-6/h8-11,13-15,18H,7,12H2,1-6H3. The van der Waals surface area contributed by atoms with Crippen LogP contribution in [0, 0.1) is 0 Å². The van der Waals surface area contributed by atoms with Gasteiger partial charge in [0.15, 0.2) is 0 Å². The number of likely N-dealkylation sites (N-methyl/N-ethyl adjacent to an activating group) is 2. The average molecular weight is 278 g/mol. The summed E-state index contributed by atoms with van der Waals surface area (Å²) in [6, 6.07) is 9.75. The predicted octanol–water partition coefficient (Wildman–Crippen LogP) is 2.94. The highest BCUT2D eigenvalue weighted by Crippen LogP contribution is 2.21. The van der Waals surface area contributed by atoms with Gasteiger partial charge in [-0.25, -0.2) is 0 Å². The Hall–Kier alpha value is -1.06.